The van der Waals surface area contributed by atoms with Crippen molar-refractivity contribution in [1.29, 1.82) is 0 Å². The molecule has 1 aliphatic rings. The van der Waals surface area contributed by atoms with Gasteiger partial charge in [-0.2, -0.15) is 15.3 Å². The van der Waals surface area contributed by atoms with Crippen LogP contribution in [0.4, 0.5) is 45.5 Å². The third-order valence-electron chi connectivity index (χ3n) is 7.40. The molecule has 0 unspecified atom stereocenters. The van der Waals surface area contributed by atoms with Crippen LogP contribution in [-0.2, 0) is 20.2 Å². The molecule has 5 aromatic carbocycles. The molecule has 16 nitrogen and oxygen atoms in total. The predicted molar refractivity (Wildman–Crippen MR) is 199 cm³/mol. The average Bonchev–Trinajstić information content (AvgIpc) is 3.11. The summed E-state index contributed by atoms with van der Waals surface area (Å²) < 4.78 is 73.3. The number of carbonyl (C=O) groups excluding carboxylic acids is 1. The van der Waals surface area contributed by atoms with Crippen molar-refractivity contribution in [2.45, 2.75) is 14.7 Å². The molecule has 0 saturated heterocycles. The maximum Gasteiger partial charge on any atom is 1.00 e. The van der Waals surface area contributed by atoms with Crippen molar-refractivity contribution in [1.82, 2.24) is 0 Å². The van der Waals surface area contributed by atoms with E-state index in [4.69, 9.17) is 17.2 Å². The Morgan fingerprint density at radius 3 is 1.87 bits per heavy atom. The number of nitrogens with one attached hydrogen (secondary N) is 1. The Labute approximate surface area is 363 Å². The van der Waals surface area contributed by atoms with E-state index >= 15 is 0 Å². The Kier molecular flexibility index (Phi) is 14.3. The summed E-state index contributed by atoms with van der Waals surface area (Å²) >= 11 is 1.43. The van der Waals surface area contributed by atoms with Crippen LogP contribution in [0, 0.1) is 0 Å². The number of Topliss-reactive ketones (excluding diaryl/α,β-unsaturated/α-hetero) is 1. The first-order chi connectivity index (χ1) is 25.2. The number of azo groups is 2. The Balaban J connectivity index is 0.00000336. The zero-order valence-corrected chi connectivity index (χ0v) is 35.4. The maximum atomic E-state index is 13.7. The zero-order chi connectivity index (χ0) is 37.9. The molecule has 0 aromatic heterocycles. The number of hydrogen-bond acceptors (Lipinski definition) is 17. The number of carbonyl (C=O) groups is 1. The van der Waals surface area contributed by atoms with Crippen LogP contribution < -0.4 is 81.7 Å². The molecular weight excluding hydrogens is 789 g/mol. The van der Waals surface area contributed by atoms with Gasteiger partial charge in [-0.05, 0) is 96.6 Å². The molecule has 0 aliphatic heterocycles. The molecule has 5 aromatic rings. The van der Waals surface area contributed by atoms with E-state index in [0.717, 1.165) is 15.9 Å². The minimum Gasteiger partial charge on any atom is -0.744 e. The summed E-state index contributed by atoms with van der Waals surface area (Å²) in [5.74, 6) is -1.14. The minimum absolute atomic E-state index is 0. The van der Waals surface area contributed by atoms with E-state index in [0.29, 0.717) is 34.5 Å². The number of hydrazone groups is 1. The van der Waals surface area contributed by atoms with Crippen LogP contribution in [0.2, 0.25) is 0 Å². The van der Waals surface area contributed by atoms with Crippen LogP contribution in [0.25, 0.3) is 6.08 Å². The number of nitrogens with two attached hydrogens (primary N) is 3. The van der Waals surface area contributed by atoms with Crippen molar-refractivity contribution in [3.05, 3.63) is 119 Å². The molecule has 55 heavy (non-hydrogen) atoms. The summed E-state index contributed by atoms with van der Waals surface area (Å²) in [6, 6.07) is 27.6. The molecular formula is C34H25N9Na2O7S3. The van der Waals surface area contributed by atoms with Crippen LogP contribution in [-0.4, -0.2) is 37.4 Å². The van der Waals surface area contributed by atoms with Gasteiger partial charge in [0.15, 0.2) is 0 Å². The first kappa shape index (κ1) is 43.5. The first-order valence-corrected chi connectivity index (χ1v) is 18.7. The second-order valence-corrected chi connectivity index (χ2v) is 14.9. The van der Waals surface area contributed by atoms with Crippen LogP contribution in [0.3, 0.4) is 0 Å². The second-order valence-electron chi connectivity index (χ2n) is 11.1. The third-order valence-corrected chi connectivity index (χ3v) is 10.1. The van der Waals surface area contributed by atoms with Crippen LogP contribution in [0.5, 0.6) is 0 Å². The Morgan fingerprint density at radius 2 is 1.27 bits per heavy atom. The van der Waals surface area contributed by atoms with Crippen molar-refractivity contribution in [2.75, 3.05) is 22.6 Å². The van der Waals surface area contributed by atoms with Gasteiger partial charge in [0.2, 0.25) is 5.78 Å². The fourth-order valence-corrected chi connectivity index (χ4v) is 7.02. The minimum atomic E-state index is -5.36. The number of nitrogens with zero attached hydrogens (tertiary/aromatic N) is 5. The van der Waals surface area contributed by atoms with E-state index < -0.39 is 64.0 Å². The summed E-state index contributed by atoms with van der Waals surface area (Å²) in [6.07, 6.45) is 0.725. The molecule has 268 valence electrons. The van der Waals surface area contributed by atoms with E-state index in [2.05, 4.69) is 31.0 Å². The smallest absolute Gasteiger partial charge is 0.744 e. The maximum absolute atomic E-state index is 13.7. The van der Waals surface area contributed by atoms with Crippen molar-refractivity contribution < 1.29 is 89.9 Å². The summed E-state index contributed by atoms with van der Waals surface area (Å²) in [5, 5.41) is 20.0. The zero-order valence-electron chi connectivity index (χ0n) is 28.9. The Bertz CT molecular complexity index is 2610. The summed E-state index contributed by atoms with van der Waals surface area (Å²) in [7, 11) is -10.6. The molecule has 0 saturated carbocycles. The number of allylic oxidation sites excluding steroid dienone is 1. The van der Waals surface area contributed by atoms with Gasteiger partial charge in [-0.25, -0.2) is 16.8 Å². The number of nitrogen functional groups attached to an aromatic ring is 3. The van der Waals surface area contributed by atoms with Gasteiger partial charge < -0.3 is 26.3 Å². The monoisotopic (exact) mass is 813 g/mol. The van der Waals surface area contributed by atoms with Gasteiger partial charge in [0.1, 0.15) is 37.3 Å². The van der Waals surface area contributed by atoms with Gasteiger partial charge >= 0.3 is 59.1 Å². The molecule has 6 rings (SSSR count). The number of ketones is 1. The molecule has 1 aliphatic carbocycles. The molecule has 0 radical (unpaired) electrons. The number of anilines is 4. The van der Waals surface area contributed by atoms with Crippen LogP contribution in [0.15, 0.2) is 148 Å². The summed E-state index contributed by atoms with van der Waals surface area (Å²) in [4.78, 5) is 13.4. The van der Waals surface area contributed by atoms with E-state index in [-0.39, 0.29) is 64.8 Å². The molecule has 0 atom stereocenters. The summed E-state index contributed by atoms with van der Waals surface area (Å²) in [6.45, 7) is 0. The van der Waals surface area contributed by atoms with E-state index in [1.54, 1.807) is 72.8 Å². The van der Waals surface area contributed by atoms with Gasteiger partial charge in [0, 0.05) is 15.5 Å². The van der Waals surface area contributed by atoms with E-state index in [9.17, 15) is 30.7 Å². The topological polar surface area (TPSA) is 283 Å². The molecule has 0 bridgehead atoms. The molecule has 21 heteroatoms. The number of hydrogen-bond donors (Lipinski definition) is 4. The SMILES string of the molecule is Nc1ccc(N=Nc2ccc(Sc3ccc(N/N=C4/C(=O)c5c(cc(S(=O)(=O)[O-])c(N=Nc6ccccc6)c5N)C=C4S(=O)(=O)[O-])cc3)cc2)c(N)c1.[Na+].[Na+]. The van der Waals surface area contributed by atoms with E-state index in [1.807, 2.05) is 12.1 Å². The van der Waals surface area contributed by atoms with Gasteiger partial charge in [0.25, 0.3) is 0 Å². The van der Waals surface area contributed by atoms with Crippen LogP contribution >= 0.6 is 11.8 Å². The van der Waals surface area contributed by atoms with Gasteiger partial charge in [-0.15, -0.1) is 10.2 Å². The fourth-order valence-electron chi connectivity index (χ4n) is 4.90. The Hall–Kier alpha value is -4.25. The fraction of sp³-hybridized carbons (Fsp3) is 0. The molecule has 0 heterocycles. The molecule has 7 N–H and O–H groups in total. The predicted octanol–water partition coefficient (Wildman–Crippen LogP) is 0.878. The molecule has 0 spiro atoms. The average molecular weight is 814 g/mol. The number of fused-ring (bicyclic) bond motifs is 1. The quantitative estimate of drug-likeness (QED) is 0.0503. The van der Waals surface area contributed by atoms with Crippen molar-refractivity contribution >= 4 is 95.1 Å². The van der Waals surface area contributed by atoms with Gasteiger partial charge in [-0.3, -0.25) is 10.2 Å². The van der Waals surface area contributed by atoms with Crippen LogP contribution in [0.1, 0.15) is 15.9 Å². The number of rotatable bonds is 10. The standard InChI is InChI=1S/C34H27N9O7S3.2Na/c35-20-6-15-27(26(36)18-20)41-38-22-7-11-24(12-8-22)51-25-13-9-23(10-14-25)40-43-33-29(53(48,49)50)17-19-16-28(52(45,46)47)32(31(37)30(19)34(33)44)42-39-21-4-2-1-3-5-21;;/h1-18,40H,35-37H2,(H,45,46,47)(H,48,49,50);;/q;2*+1/p-2/b41-38?,42-39?,43-33+;;. The summed E-state index contributed by atoms with van der Waals surface area (Å²) in [5.41, 5.74) is 20.1. The van der Waals surface area contributed by atoms with Crippen molar-refractivity contribution in [2.24, 2.45) is 25.6 Å². The molecule has 0 amide bonds. The first-order valence-electron chi connectivity index (χ1n) is 15.1. The largest absolute Gasteiger partial charge is 1.00 e. The third kappa shape index (κ3) is 10.5. The van der Waals surface area contributed by atoms with Crippen molar-refractivity contribution in [3.63, 3.8) is 0 Å². The van der Waals surface area contributed by atoms with E-state index in [1.165, 1.54) is 23.9 Å². The Morgan fingerprint density at radius 1 is 0.673 bits per heavy atom. The second kappa shape index (κ2) is 18.1. The number of benzene rings is 5. The normalized spacial score (nSPS) is 13.6. The van der Waals surface area contributed by atoms with Gasteiger partial charge in [-0.1, -0.05) is 30.0 Å². The van der Waals surface area contributed by atoms with Gasteiger partial charge in [0.05, 0.1) is 43.8 Å². The molecule has 0 fully saturated rings. The van der Waals surface area contributed by atoms with Crippen molar-refractivity contribution in [3.8, 4) is 0 Å².